The van der Waals surface area contributed by atoms with Gasteiger partial charge in [-0.15, -0.1) is 0 Å². The van der Waals surface area contributed by atoms with E-state index >= 15 is 0 Å². The molecule has 21 heavy (non-hydrogen) atoms. The van der Waals surface area contributed by atoms with Gasteiger partial charge in [-0.25, -0.2) is 9.37 Å². The summed E-state index contributed by atoms with van der Waals surface area (Å²) in [5.41, 5.74) is 1.02. The number of nitrogens with zero attached hydrogens (tertiary/aromatic N) is 1. The first-order valence-corrected chi connectivity index (χ1v) is 6.97. The average Bonchev–Trinajstić information content (AvgIpc) is 3.03. The van der Waals surface area contributed by atoms with E-state index in [1.54, 1.807) is 0 Å². The van der Waals surface area contributed by atoms with Crippen LogP contribution in [0.4, 0.5) is 8.78 Å². The highest BCUT2D eigenvalue weighted by Crippen LogP contribution is 2.32. The summed E-state index contributed by atoms with van der Waals surface area (Å²) in [7, 11) is 0. The molecule has 1 unspecified atom stereocenters. The Bertz CT molecular complexity index is 600. The monoisotopic (exact) mass is 290 g/mol. The highest BCUT2D eigenvalue weighted by atomic mass is 19.2. The molecule has 110 valence electrons. The van der Waals surface area contributed by atoms with Gasteiger partial charge in [-0.05, 0) is 18.5 Å². The lowest BCUT2D eigenvalue weighted by molar-refractivity contribution is 0.143. The standard InChI is InChI=1S/C16H16F2N2O/c17-14-8-13(10-20-16(14)18)21-15(12-6-7-19-9-12)11-4-2-1-3-5-11/h1-5,8,10,12,15,19H,6-7,9H2/t12?,15-/m1/s1. The topological polar surface area (TPSA) is 34.1 Å². The fraction of sp³-hybridized carbons (Fsp3) is 0.312. The summed E-state index contributed by atoms with van der Waals surface area (Å²) in [6.07, 6.45) is 2.00. The van der Waals surface area contributed by atoms with Crippen LogP contribution in [0.15, 0.2) is 42.6 Å². The molecule has 1 aromatic heterocycles. The Kier molecular flexibility index (Phi) is 4.10. The van der Waals surface area contributed by atoms with Crippen LogP contribution in [-0.2, 0) is 0 Å². The number of rotatable bonds is 4. The molecule has 5 heteroatoms. The van der Waals surface area contributed by atoms with Crippen LogP contribution >= 0.6 is 0 Å². The first-order valence-electron chi connectivity index (χ1n) is 6.97. The van der Waals surface area contributed by atoms with Crippen molar-refractivity contribution in [2.45, 2.75) is 12.5 Å². The molecule has 2 atom stereocenters. The predicted octanol–water partition coefficient (Wildman–Crippen LogP) is 3.09. The number of pyridine rings is 1. The summed E-state index contributed by atoms with van der Waals surface area (Å²) < 4.78 is 32.1. The average molecular weight is 290 g/mol. The van der Waals surface area contributed by atoms with Gasteiger partial charge in [0.1, 0.15) is 11.9 Å². The highest BCUT2D eigenvalue weighted by Gasteiger charge is 2.28. The van der Waals surface area contributed by atoms with E-state index in [9.17, 15) is 8.78 Å². The lowest BCUT2D eigenvalue weighted by atomic mass is 9.95. The van der Waals surface area contributed by atoms with E-state index in [4.69, 9.17) is 4.74 Å². The van der Waals surface area contributed by atoms with E-state index in [1.165, 1.54) is 6.20 Å². The van der Waals surface area contributed by atoms with Crippen molar-refractivity contribution in [2.75, 3.05) is 13.1 Å². The Morgan fingerprint density at radius 3 is 2.71 bits per heavy atom. The van der Waals surface area contributed by atoms with Crippen LogP contribution in [0.3, 0.4) is 0 Å². The zero-order valence-electron chi connectivity index (χ0n) is 11.4. The fourth-order valence-corrected chi connectivity index (χ4v) is 2.63. The summed E-state index contributed by atoms with van der Waals surface area (Å²) in [6, 6.07) is 10.8. The molecule has 0 amide bonds. The van der Waals surface area contributed by atoms with Crippen LogP contribution in [0, 0.1) is 17.7 Å². The zero-order chi connectivity index (χ0) is 14.7. The van der Waals surface area contributed by atoms with E-state index < -0.39 is 11.8 Å². The van der Waals surface area contributed by atoms with Gasteiger partial charge in [0.2, 0.25) is 5.95 Å². The minimum Gasteiger partial charge on any atom is -0.484 e. The van der Waals surface area contributed by atoms with Crippen molar-refractivity contribution in [3.8, 4) is 5.75 Å². The van der Waals surface area contributed by atoms with Gasteiger partial charge in [-0.2, -0.15) is 4.39 Å². The Hall–Kier alpha value is -2.01. The van der Waals surface area contributed by atoms with Gasteiger partial charge in [-0.3, -0.25) is 0 Å². The summed E-state index contributed by atoms with van der Waals surface area (Å²) in [4.78, 5) is 3.37. The van der Waals surface area contributed by atoms with Crippen molar-refractivity contribution in [1.29, 1.82) is 0 Å². The van der Waals surface area contributed by atoms with Crippen LogP contribution in [-0.4, -0.2) is 18.1 Å². The van der Waals surface area contributed by atoms with Crippen LogP contribution in [0.2, 0.25) is 0 Å². The number of ether oxygens (including phenoxy) is 1. The second kappa shape index (κ2) is 6.18. The van der Waals surface area contributed by atoms with Crippen LogP contribution < -0.4 is 10.1 Å². The molecule has 1 aliphatic rings. The normalized spacial score (nSPS) is 19.4. The Morgan fingerprint density at radius 2 is 2.05 bits per heavy atom. The van der Waals surface area contributed by atoms with Crippen molar-refractivity contribution in [1.82, 2.24) is 10.3 Å². The second-order valence-corrected chi connectivity index (χ2v) is 5.15. The van der Waals surface area contributed by atoms with Crippen molar-refractivity contribution in [2.24, 2.45) is 5.92 Å². The molecular weight excluding hydrogens is 274 g/mol. The van der Waals surface area contributed by atoms with Gasteiger partial charge >= 0.3 is 0 Å². The fourth-order valence-electron chi connectivity index (χ4n) is 2.63. The molecular formula is C16H16F2N2O. The van der Waals surface area contributed by atoms with Gasteiger partial charge < -0.3 is 10.1 Å². The Balaban J connectivity index is 1.86. The van der Waals surface area contributed by atoms with Gasteiger partial charge in [0.05, 0.1) is 6.20 Å². The molecule has 0 saturated carbocycles. The number of hydrogen-bond acceptors (Lipinski definition) is 3. The summed E-state index contributed by atoms with van der Waals surface area (Å²) in [6.45, 7) is 1.78. The molecule has 0 spiro atoms. The molecule has 3 nitrogen and oxygen atoms in total. The molecule has 2 aromatic rings. The van der Waals surface area contributed by atoms with Crippen molar-refractivity contribution < 1.29 is 13.5 Å². The third-order valence-corrected chi connectivity index (χ3v) is 3.69. The third-order valence-electron chi connectivity index (χ3n) is 3.69. The molecule has 1 fully saturated rings. The van der Waals surface area contributed by atoms with Gasteiger partial charge in [0, 0.05) is 18.5 Å². The summed E-state index contributed by atoms with van der Waals surface area (Å²) in [5.74, 6) is -1.57. The minimum atomic E-state index is -1.11. The number of benzene rings is 1. The maximum absolute atomic E-state index is 13.3. The largest absolute Gasteiger partial charge is 0.484 e. The predicted molar refractivity (Wildman–Crippen MR) is 74.9 cm³/mol. The molecule has 0 aliphatic carbocycles. The number of aromatic nitrogens is 1. The maximum atomic E-state index is 13.3. The lowest BCUT2D eigenvalue weighted by Crippen LogP contribution is -2.21. The molecule has 1 aliphatic heterocycles. The first-order chi connectivity index (χ1) is 10.2. The Labute approximate surface area is 122 Å². The minimum absolute atomic E-state index is 0.201. The second-order valence-electron chi connectivity index (χ2n) is 5.15. The first kappa shape index (κ1) is 13.9. The molecule has 1 N–H and O–H groups in total. The van der Waals surface area contributed by atoms with Gasteiger partial charge in [0.25, 0.3) is 0 Å². The van der Waals surface area contributed by atoms with E-state index in [0.717, 1.165) is 31.1 Å². The number of nitrogens with one attached hydrogen (secondary N) is 1. The van der Waals surface area contributed by atoms with Gasteiger partial charge in [-0.1, -0.05) is 30.3 Å². The van der Waals surface area contributed by atoms with Crippen molar-refractivity contribution in [3.63, 3.8) is 0 Å². The van der Waals surface area contributed by atoms with Crippen LogP contribution in [0.5, 0.6) is 5.75 Å². The van der Waals surface area contributed by atoms with Crippen molar-refractivity contribution >= 4 is 0 Å². The van der Waals surface area contributed by atoms with E-state index in [0.29, 0.717) is 5.92 Å². The van der Waals surface area contributed by atoms with Crippen LogP contribution in [0.1, 0.15) is 18.1 Å². The smallest absolute Gasteiger partial charge is 0.249 e. The summed E-state index contributed by atoms with van der Waals surface area (Å²) >= 11 is 0. The Morgan fingerprint density at radius 1 is 1.24 bits per heavy atom. The summed E-state index contributed by atoms with van der Waals surface area (Å²) in [5, 5.41) is 3.30. The molecule has 0 bridgehead atoms. The number of halogens is 2. The van der Waals surface area contributed by atoms with Gasteiger partial charge in [0.15, 0.2) is 5.82 Å². The lowest BCUT2D eigenvalue weighted by Gasteiger charge is -2.24. The highest BCUT2D eigenvalue weighted by molar-refractivity contribution is 5.23. The van der Waals surface area contributed by atoms with E-state index in [-0.39, 0.29) is 11.9 Å². The molecule has 1 aromatic carbocycles. The molecule has 2 heterocycles. The quantitative estimate of drug-likeness (QED) is 0.879. The van der Waals surface area contributed by atoms with E-state index in [2.05, 4.69) is 10.3 Å². The van der Waals surface area contributed by atoms with E-state index in [1.807, 2.05) is 30.3 Å². The molecule has 0 radical (unpaired) electrons. The SMILES string of the molecule is Fc1cc(O[C@H](c2ccccc2)C2CCNC2)cnc1F. The molecule has 3 rings (SSSR count). The maximum Gasteiger partial charge on any atom is 0.249 e. The molecule has 1 saturated heterocycles. The zero-order valence-corrected chi connectivity index (χ0v) is 11.4. The third kappa shape index (κ3) is 3.19. The van der Waals surface area contributed by atoms with Crippen LogP contribution in [0.25, 0.3) is 0 Å². The number of hydrogen-bond donors (Lipinski definition) is 1. The van der Waals surface area contributed by atoms with Crippen molar-refractivity contribution in [3.05, 3.63) is 59.9 Å².